The highest BCUT2D eigenvalue weighted by Crippen LogP contribution is 2.35. The molecule has 6 nitrogen and oxygen atoms in total. The fourth-order valence-corrected chi connectivity index (χ4v) is 4.82. The van der Waals surface area contributed by atoms with E-state index in [2.05, 4.69) is 15.0 Å². The lowest BCUT2D eigenvalue weighted by Crippen LogP contribution is -2.33. The van der Waals surface area contributed by atoms with Crippen LogP contribution >= 0.6 is 34.5 Å². The number of hydrogen-bond acceptors (Lipinski definition) is 5. The molecular weight excluding hydrogens is 431 g/mol. The second-order valence-corrected chi connectivity index (χ2v) is 8.14. The summed E-state index contributed by atoms with van der Waals surface area (Å²) in [5.74, 6) is 0. The van der Waals surface area contributed by atoms with Crippen LogP contribution in [0.2, 0.25) is 10.2 Å². The van der Waals surface area contributed by atoms with Crippen LogP contribution in [0, 0.1) is 0 Å². The molecule has 4 aromatic heterocycles. The molecule has 0 unspecified atom stereocenters. The Morgan fingerprint density at radius 2 is 1.86 bits per heavy atom. The second-order valence-electron chi connectivity index (χ2n) is 6.29. The number of benzene rings is 1. The van der Waals surface area contributed by atoms with E-state index in [9.17, 15) is 9.59 Å². The van der Waals surface area contributed by atoms with Gasteiger partial charge in [0.15, 0.2) is 0 Å². The normalized spacial score (nSPS) is 11.4. The SMILES string of the molecule is O=c1[nH]c2cc(-c3cnc(Cl)cc3Cl)sc2c(=O)n1-c1cncc2ccccc12. The number of nitrogens with zero attached hydrogens (tertiary/aromatic N) is 3. The first-order chi connectivity index (χ1) is 14.0. The van der Waals surface area contributed by atoms with Crippen LogP contribution < -0.4 is 11.2 Å². The molecule has 0 spiro atoms. The van der Waals surface area contributed by atoms with Gasteiger partial charge >= 0.3 is 5.69 Å². The number of aromatic nitrogens is 4. The summed E-state index contributed by atoms with van der Waals surface area (Å²) in [6, 6.07) is 10.7. The summed E-state index contributed by atoms with van der Waals surface area (Å²) < 4.78 is 1.51. The Morgan fingerprint density at radius 1 is 1.03 bits per heavy atom. The standard InChI is InChI=1S/C20H10Cl2N4O2S/c21-13-5-17(22)24-8-12(13)16-6-14-18(29-16)19(27)26(20(28)25-14)15-9-23-7-10-3-1-2-4-11(10)15/h1-9H,(H,25,28). The molecule has 5 aromatic rings. The minimum Gasteiger partial charge on any atom is -0.306 e. The van der Waals surface area contributed by atoms with Gasteiger partial charge in [-0.05, 0) is 12.1 Å². The molecule has 0 saturated heterocycles. The predicted octanol–water partition coefficient (Wildman–Crippen LogP) is 4.66. The lowest BCUT2D eigenvalue weighted by atomic mass is 10.1. The van der Waals surface area contributed by atoms with Gasteiger partial charge < -0.3 is 4.98 Å². The maximum atomic E-state index is 13.2. The number of rotatable bonds is 2. The molecule has 0 aliphatic heterocycles. The summed E-state index contributed by atoms with van der Waals surface area (Å²) in [6.07, 6.45) is 4.75. The van der Waals surface area contributed by atoms with E-state index in [1.807, 2.05) is 24.3 Å². The fraction of sp³-hybridized carbons (Fsp3) is 0. The third-order valence-corrected chi connectivity index (χ3v) is 6.22. The first kappa shape index (κ1) is 18.1. The van der Waals surface area contributed by atoms with Crippen molar-refractivity contribution in [2.24, 2.45) is 0 Å². The van der Waals surface area contributed by atoms with Gasteiger partial charge in [0.2, 0.25) is 0 Å². The van der Waals surface area contributed by atoms with E-state index in [4.69, 9.17) is 23.2 Å². The summed E-state index contributed by atoms with van der Waals surface area (Å²) in [7, 11) is 0. The Bertz CT molecular complexity index is 1530. The maximum absolute atomic E-state index is 13.2. The van der Waals surface area contributed by atoms with Crippen LogP contribution in [0.3, 0.4) is 0 Å². The first-order valence-corrected chi connectivity index (χ1v) is 10.0. The van der Waals surface area contributed by atoms with Gasteiger partial charge in [-0.1, -0.05) is 47.5 Å². The molecule has 29 heavy (non-hydrogen) atoms. The van der Waals surface area contributed by atoms with Crippen LogP contribution in [0.5, 0.6) is 0 Å². The molecule has 0 amide bonds. The van der Waals surface area contributed by atoms with Crippen molar-refractivity contribution in [2.75, 3.05) is 0 Å². The minimum absolute atomic E-state index is 0.277. The van der Waals surface area contributed by atoms with E-state index in [0.29, 0.717) is 31.4 Å². The number of aromatic amines is 1. The second kappa shape index (κ2) is 6.81. The molecular formula is C20H10Cl2N4O2S. The molecule has 0 aliphatic carbocycles. The molecule has 142 valence electrons. The zero-order chi connectivity index (χ0) is 20.1. The predicted molar refractivity (Wildman–Crippen MR) is 117 cm³/mol. The Kier molecular flexibility index (Phi) is 4.24. The van der Waals surface area contributed by atoms with Crippen molar-refractivity contribution in [1.29, 1.82) is 0 Å². The van der Waals surface area contributed by atoms with Gasteiger partial charge in [0.25, 0.3) is 5.56 Å². The van der Waals surface area contributed by atoms with E-state index in [0.717, 1.165) is 15.3 Å². The largest absolute Gasteiger partial charge is 0.333 e. The lowest BCUT2D eigenvalue weighted by molar-refractivity contribution is 0.905. The third-order valence-electron chi connectivity index (χ3n) is 4.55. The van der Waals surface area contributed by atoms with Crippen molar-refractivity contribution in [3.05, 3.63) is 86.0 Å². The van der Waals surface area contributed by atoms with Gasteiger partial charge in [0.1, 0.15) is 9.85 Å². The zero-order valence-corrected chi connectivity index (χ0v) is 16.8. The van der Waals surface area contributed by atoms with E-state index >= 15 is 0 Å². The fourth-order valence-electron chi connectivity index (χ4n) is 3.23. The number of thiophene rings is 1. The Labute approximate surface area is 177 Å². The maximum Gasteiger partial charge on any atom is 0.333 e. The lowest BCUT2D eigenvalue weighted by Gasteiger charge is -2.07. The quantitative estimate of drug-likeness (QED) is 0.404. The molecule has 0 saturated carbocycles. The molecule has 0 atom stereocenters. The Morgan fingerprint density at radius 3 is 2.69 bits per heavy atom. The number of pyridine rings is 2. The van der Waals surface area contributed by atoms with Crippen LogP contribution in [0.15, 0.2) is 64.6 Å². The van der Waals surface area contributed by atoms with E-state index in [1.54, 1.807) is 18.5 Å². The number of fused-ring (bicyclic) bond motifs is 2. The summed E-state index contributed by atoms with van der Waals surface area (Å²) in [5, 5.41) is 2.29. The van der Waals surface area contributed by atoms with Crippen LogP contribution in [0.25, 0.3) is 37.1 Å². The van der Waals surface area contributed by atoms with Gasteiger partial charge in [-0.25, -0.2) is 14.3 Å². The number of hydrogen-bond donors (Lipinski definition) is 1. The van der Waals surface area contributed by atoms with E-state index in [-0.39, 0.29) is 5.15 Å². The summed E-state index contributed by atoms with van der Waals surface area (Å²) >= 11 is 13.4. The zero-order valence-electron chi connectivity index (χ0n) is 14.5. The molecule has 9 heteroatoms. The third kappa shape index (κ3) is 2.95. The number of nitrogens with one attached hydrogen (secondary N) is 1. The molecule has 1 aromatic carbocycles. The molecule has 0 fully saturated rings. The molecule has 0 aliphatic rings. The molecule has 0 radical (unpaired) electrons. The summed E-state index contributed by atoms with van der Waals surface area (Å²) in [5.41, 5.74) is 0.547. The average molecular weight is 441 g/mol. The molecule has 0 bridgehead atoms. The number of halogens is 2. The summed E-state index contributed by atoms with van der Waals surface area (Å²) in [6.45, 7) is 0. The molecule has 5 rings (SSSR count). The highest BCUT2D eigenvalue weighted by atomic mass is 35.5. The van der Waals surface area contributed by atoms with Crippen molar-refractivity contribution in [2.45, 2.75) is 0 Å². The monoisotopic (exact) mass is 440 g/mol. The van der Waals surface area contributed by atoms with Crippen molar-refractivity contribution in [3.8, 4) is 16.1 Å². The number of H-pyrrole nitrogens is 1. The van der Waals surface area contributed by atoms with Crippen molar-refractivity contribution < 1.29 is 0 Å². The van der Waals surface area contributed by atoms with Crippen molar-refractivity contribution in [3.63, 3.8) is 0 Å². The van der Waals surface area contributed by atoms with Crippen LogP contribution in [0.1, 0.15) is 0 Å². The van der Waals surface area contributed by atoms with Gasteiger partial charge in [-0.2, -0.15) is 0 Å². The van der Waals surface area contributed by atoms with Gasteiger partial charge in [-0.3, -0.25) is 9.78 Å². The summed E-state index contributed by atoms with van der Waals surface area (Å²) in [4.78, 5) is 37.7. The van der Waals surface area contributed by atoms with Gasteiger partial charge in [-0.15, -0.1) is 11.3 Å². The molecule has 4 heterocycles. The van der Waals surface area contributed by atoms with Crippen LogP contribution in [-0.4, -0.2) is 19.5 Å². The van der Waals surface area contributed by atoms with Crippen molar-refractivity contribution >= 4 is 55.5 Å². The Balaban J connectivity index is 1.79. The molecule has 1 N–H and O–H groups in total. The van der Waals surface area contributed by atoms with Crippen LogP contribution in [0.4, 0.5) is 0 Å². The van der Waals surface area contributed by atoms with Crippen molar-refractivity contribution in [1.82, 2.24) is 19.5 Å². The average Bonchev–Trinajstić information content (AvgIpc) is 3.12. The van der Waals surface area contributed by atoms with Gasteiger partial charge in [0, 0.05) is 33.6 Å². The smallest absolute Gasteiger partial charge is 0.306 e. The van der Waals surface area contributed by atoms with E-state index < -0.39 is 11.2 Å². The van der Waals surface area contributed by atoms with Crippen LogP contribution in [-0.2, 0) is 0 Å². The minimum atomic E-state index is -0.537. The van der Waals surface area contributed by atoms with E-state index in [1.165, 1.54) is 23.6 Å². The van der Waals surface area contributed by atoms with Gasteiger partial charge in [0.05, 0.1) is 22.4 Å². The Hall–Kier alpha value is -3.00. The highest BCUT2D eigenvalue weighted by molar-refractivity contribution is 7.22. The highest BCUT2D eigenvalue weighted by Gasteiger charge is 2.17. The topological polar surface area (TPSA) is 80.6 Å². The first-order valence-electron chi connectivity index (χ1n) is 8.46.